The Morgan fingerprint density at radius 2 is 1.96 bits per heavy atom. The molecule has 1 aromatic carbocycles. The summed E-state index contributed by atoms with van der Waals surface area (Å²) in [5.41, 5.74) is 2.98. The lowest BCUT2D eigenvalue weighted by Gasteiger charge is -2.11. The molecule has 6 heteroatoms. The van der Waals surface area contributed by atoms with Crippen LogP contribution in [0.15, 0.2) is 24.3 Å². The van der Waals surface area contributed by atoms with Crippen LogP contribution in [0.3, 0.4) is 0 Å². The molecule has 134 valence electrons. The summed E-state index contributed by atoms with van der Waals surface area (Å²) in [6.07, 6.45) is -0.260. The Labute approximate surface area is 152 Å². The Kier molecular flexibility index (Phi) is 6.07. The van der Waals surface area contributed by atoms with E-state index in [1.54, 1.807) is 6.92 Å². The van der Waals surface area contributed by atoms with E-state index in [1.807, 2.05) is 38.1 Å². The van der Waals surface area contributed by atoms with Crippen molar-refractivity contribution < 1.29 is 19.4 Å². The number of Topliss-reactive ketones (excluding diaryl/α,β-unsaturated/α-hetero) is 1. The summed E-state index contributed by atoms with van der Waals surface area (Å²) >= 11 is 0. The number of esters is 1. The summed E-state index contributed by atoms with van der Waals surface area (Å²) in [5.74, 6) is -1.47. The van der Waals surface area contributed by atoms with Gasteiger partial charge in [0.2, 0.25) is 0 Å². The number of nitrogens with zero attached hydrogens (tertiary/aromatic N) is 2. The number of pyridine rings is 1. The molecule has 1 heterocycles. The van der Waals surface area contributed by atoms with Crippen molar-refractivity contribution in [1.29, 1.82) is 5.26 Å². The molecule has 0 amide bonds. The van der Waals surface area contributed by atoms with Crippen LogP contribution in [0.25, 0.3) is 11.3 Å². The van der Waals surface area contributed by atoms with Crippen molar-refractivity contribution in [1.82, 2.24) is 4.98 Å². The zero-order valence-corrected chi connectivity index (χ0v) is 15.0. The standard InChI is InChI=1S/C20H20N2O4/c1-4-26-18(24)8-7-17(23)19-20(25)14(11-21)10-16(22-19)15-6-5-12(2)9-13(15)3/h5-6,9-10,25H,4,7-8H2,1-3H3. The molecule has 0 radical (unpaired) electrons. The molecule has 26 heavy (non-hydrogen) atoms. The number of hydrogen-bond donors (Lipinski definition) is 1. The van der Waals surface area contributed by atoms with Gasteiger partial charge in [0.05, 0.1) is 24.3 Å². The molecule has 0 saturated carbocycles. The molecule has 0 saturated heterocycles. The summed E-state index contributed by atoms with van der Waals surface area (Å²) in [5, 5.41) is 19.5. The minimum absolute atomic E-state index is 0.0329. The van der Waals surface area contributed by atoms with Gasteiger partial charge < -0.3 is 9.84 Å². The van der Waals surface area contributed by atoms with Gasteiger partial charge in [-0.25, -0.2) is 4.98 Å². The summed E-state index contributed by atoms with van der Waals surface area (Å²) in [6.45, 7) is 5.79. The monoisotopic (exact) mass is 352 g/mol. The van der Waals surface area contributed by atoms with Crippen LogP contribution in [0.5, 0.6) is 5.75 Å². The summed E-state index contributed by atoms with van der Waals surface area (Å²) in [7, 11) is 0. The van der Waals surface area contributed by atoms with E-state index in [2.05, 4.69) is 4.98 Å². The van der Waals surface area contributed by atoms with E-state index >= 15 is 0 Å². The SMILES string of the molecule is CCOC(=O)CCC(=O)c1nc(-c2ccc(C)cc2C)cc(C#N)c1O. The molecule has 0 aliphatic carbocycles. The molecule has 0 aliphatic heterocycles. The molecule has 0 unspecified atom stereocenters. The van der Waals surface area contributed by atoms with Crippen LogP contribution < -0.4 is 0 Å². The zero-order valence-electron chi connectivity index (χ0n) is 15.0. The van der Waals surface area contributed by atoms with Crippen molar-refractivity contribution in [2.45, 2.75) is 33.6 Å². The van der Waals surface area contributed by atoms with Gasteiger partial charge in [-0.2, -0.15) is 5.26 Å². The van der Waals surface area contributed by atoms with Crippen molar-refractivity contribution in [2.24, 2.45) is 0 Å². The highest BCUT2D eigenvalue weighted by atomic mass is 16.5. The minimum atomic E-state index is -0.515. The number of ether oxygens (including phenoxy) is 1. The van der Waals surface area contributed by atoms with Crippen LogP contribution in [-0.2, 0) is 9.53 Å². The van der Waals surface area contributed by atoms with Crippen LogP contribution in [0, 0.1) is 25.2 Å². The highest BCUT2D eigenvalue weighted by Gasteiger charge is 2.20. The van der Waals surface area contributed by atoms with Gasteiger partial charge in [0, 0.05) is 12.0 Å². The topological polar surface area (TPSA) is 100 Å². The van der Waals surface area contributed by atoms with E-state index in [-0.39, 0.29) is 30.7 Å². The van der Waals surface area contributed by atoms with Crippen LogP contribution >= 0.6 is 0 Å². The molecule has 0 atom stereocenters. The smallest absolute Gasteiger partial charge is 0.306 e. The fourth-order valence-corrected chi connectivity index (χ4v) is 2.62. The normalized spacial score (nSPS) is 10.2. The Morgan fingerprint density at radius 3 is 2.58 bits per heavy atom. The summed E-state index contributed by atoms with van der Waals surface area (Å²) in [6, 6.07) is 9.07. The van der Waals surface area contributed by atoms with Crippen molar-refractivity contribution in [3.63, 3.8) is 0 Å². The van der Waals surface area contributed by atoms with Gasteiger partial charge in [-0.3, -0.25) is 9.59 Å². The molecule has 1 N–H and O–H groups in total. The number of benzene rings is 1. The Morgan fingerprint density at radius 1 is 1.23 bits per heavy atom. The third-order valence-electron chi connectivity index (χ3n) is 3.90. The molecule has 0 spiro atoms. The van der Waals surface area contributed by atoms with Crippen molar-refractivity contribution in [3.05, 3.63) is 46.6 Å². The number of rotatable bonds is 6. The quantitative estimate of drug-likeness (QED) is 0.631. The highest BCUT2D eigenvalue weighted by molar-refractivity contribution is 5.99. The molecule has 0 fully saturated rings. The van der Waals surface area contributed by atoms with Crippen LogP contribution in [0.2, 0.25) is 0 Å². The largest absolute Gasteiger partial charge is 0.504 e. The number of aryl methyl sites for hydroxylation is 2. The zero-order chi connectivity index (χ0) is 19.3. The predicted molar refractivity (Wildman–Crippen MR) is 95.7 cm³/mol. The maximum Gasteiger partial charge on any atom is 0.306 e. The van der Waals surface area contributed by atoms with Gasteiger partial charge in [-0.15, -0.1) is 0 Å². The number of carbonyl (C=O) groups is 2. The lowest BCUT2D eigenvalue weighted by Crippen LogP contribution is -2.10. The maximum atomic E-state index is 12.4. The Hall–Kier alpha value is -3.20. The van der Waals surface area contributed by atoms with Crippen LogP contribution in [0.4, 0.5) is 0 Å². The number of ketones is 1. The summed E-state index contributed by atoms with van der Waals surface area (Å²) < 4.78 is 4.80. The predicted octanol–water partition coefficient (Wildman–Crippen LogP) is 3.47. The van der Waals surface area contributed by atoms with Gasteiger partial charge >= 0.3 is 5.97 Å². The fourth-order valence-electron chi connectivity index (χ4n) is 2.62. The van der Waals surface area contributed by atoms with Crippen molar-refractivity contribution in [2.75, 3.05) is 6.61 Å². The van der Waals surface area contributed by atoms with Crippen LogP contribution in [0.1, 0.15) is 46.9 Å². The molecule has 1 aromatic heterocycles. The number of aromatic hydroxyl groups is 1. The molecular formula is C20H20N2O4. The first-order chi connectivity index (χ1) is 12.4. The Balaban J connectivity index is 2.42. The third kappa shape index (κ3) is 4.25. The van der Waals surface area contributed by atoms with Gasteiger partial charge in [0.25, 0.3) is 0 Å². The van der Waals surface area contributed by atoms with Gasteiger partial charge in [0.15, 0.2) is 11.5 Å². The fraction of sp³-hybridized carbons (Fsp3) is 0.300. The third-order valence-corrected chi connectivity index (χ3v) is 3.90. The molecule has 0 aliphatic rings. The van der Waals surface area contributed by atoms with Crippen LogP contribution in [-0.4, -0.2) is 28.4 Å². The van der Waals surface area contributed by atoms with Gasteiger partial charge in [0.1, 0.15) is 11.8 Å². The van der Waals surface area contributed by atoms with E-state index in [9.17, 15) is 20.0 Å². The molecule has 0 bridgehead atoms. The first-order valence-corrected chi connectivity index (χ1v) is 8.28. The van der Waals surface area contributed by atoms with E-state index < -0.39 is 17.5 Å². The van der Waals surface area contributed by atoms with E-state index in [1.165, 1.54) is 6.07 Å². The second kappa shape index (κ2) is 8.26. The first kappa shape index (κ1) is 19.1. The number of nitriles is 1. The minimum Gasteiger partial charge on any atom is -0.504 e. The lowest BCUT2D eigenvalue weighted by molar-refractivity contribution is -0.143. The number of carbonyl (C=O) groups excluding carboxylic acids is 2. The van der Waals surface area contributed by atoms with Crippen molar-refractivity contribution in [3.8, 4) is 23.1 Å². The molecule has 2 aromatic rings. The maximum absolute atomic E-state index is 12.4. The van der Waals surface area contributed by atoms with E-state index in [0.29, 0.717) is 5.69 Å². The average Bonchev–Trinajstić information content (AvgIpc) is 2.60. The van der Waals surface area contributed by atoms with Crippen molar-refractivity contribution >= 4 is 11.8 Å². The van der Waals surface area contributed by atoms with Gasteiger partial charge in [-0.05, 0) is 32.4 Å². The van der Waals surface area contributed by atoms with E-state index in [0.717, 1.165) is 16.7 Å². The average molecular weight is 352 g/mol. The summed E-state index contributed by atoms with van der Waals surface area (Å²) in [4.78, 5) is 28.1. The second-order valence-electron chi connectivity index (χ2n) is 5.91. The second-order valence-corrected chi connectivity index (χ2v) is 5.91. The first-order valence-electron chi connectivity index (χ1n) is 8.28. The Bertz CT molecular complexity index is 897. The van der Waals surface area contributed by atoms with Gasteiger partial charge in [-0.1, -0.05) is 23.8 Å². The number of aromatic nitrogens is 1. The number of hydrogen-bond acceptors (Lipinski definition) is 6. The lowest BCUT2D eigenvalue weighted by atomic mass is 10.00. The molecule has 6 nitrogen and oxygen atoms in total. The molecular weight excluding hydrogens is 332 g/mol. The highest BCUT2D eigenvalue weighted by Crippen LogP contribution is 2.30. The van der Waals surface area contributed by atoms with E-state index in [4.69, 9.17) is 4.74 Å². The molecule has 2 rings (SSSR count).